The van der Waals surface area contributed by atoms with Crippen LogP contribution in [0.5, 0.6) is 23.0 Å². The summed E-state index contributed by atoms with van der Waals surface area (Å²) in [7, 11) is 1.64. The molecule has 0 spiro atoms. The topological polar surface area (TPSA) is 47.9 Å². The number of rotatable bonds is 4. The summed E-state index contributed by atoms with van der Waals surface area (Å²) in [6.45, 7) is 2.49. The summed E-state index contributed by atoms with van der Waals surface area (Å²) in [6, 6.07) is 11.2. The smallest absolute Gasteiger partial charge is 0.128 e. The molecular weight excluding hydrogens is 280 g/mol. The van der Waals surface area contributed by atoms with E-state index in [2.05, 4.69) is 0 Å². The van der Waals surface area contributed by atoms with E-state index in [1.807, 2.05) is 37.3 Å². The van der Waals surface area contributed by atoms with Crippen LogP contribution in [0.1, 0.15) is 30.6 Å². The van der Waals surface area contributed by atoms with Crippen molar-refractivity contribution in [2.75, 3.05) is 13.7 Å². The number of hydrogen-bond donors (Lipinski definition) is 1. The highest BCUT2D eigenvalue weighted by molar-refractivity contribution is 5.45. The Kier molecular flexibility index (Phi) is 4.09. The van der Waals surface area contributed by atoms with E-state index in [0.29, 0.717) is 12.4 Å². The first-order valence-electron chi connectivity index (χ1n) is 7.50. The van der Waals surface area contributed by atoms with Crippen molar-refractivity contribution >= 4 is 0 Å². The van der Waals surface area contributed by atoms with E-state index in [0.717, 1.165) is 29.9 Å². The van der Waals surface area contributed by atoms with E-state index in [1.165, 1.54) is 5.56 Å². The summed E-state index contributed by atoms with van der Waals surface area (Å²) in [6.07, 6.45) is 1.59. The van der Waals surface area contributed by atoms with Crippen molar-refractivity contribution in [3.05, 3.63) is 47.5 Å². The van der Waals surface area contributed by atoms with Gasteiger partial charge in [-0.25, -0.2) is 0 Å². The lowest BCUT2D eigenvalue weighted by molar-refractivity contribution is 0.172. The van der Waals surface area contributed by atoms with E-state index in [4.69, 9.17) is 14.2 Å². The first-order valence-corrected chi connectivity index (χ1v) is 7.50. The highest BCUT2D eigenvalue weighted by Crippen LogP contribution is 2.40. The minimum absolute atomic E-state index is 0.157. The molecule has 2 aromatic carbocycles. The van der Waals surface area contributed by atoms with Gasteiger partial charge in [0.2, 0.25) is 0 Å². The van der Waals surface area contributed by atoms with Crippen LogP contribution in [0.3, 0.4) is 0 Å². The van der Waals surface area contributed by atoms with Crippen LogP contribution in [0.15, 0.2) is 36.4 Å². The minimum Gasteiger partial charge on any atom is -0.507 e. The monoisotopic (exact) mass is 300 g/mol. The molecule has 1 unspecified atom stereocenters. The van der Waals surface area contributed by atoms with Crippen LogP contribution in [0.2, 0.25) is 0 Å². The Labute approximate surface area is 130 Å². The number of ether oxygens (including phenoxy) is 3. The molecule has 0 aromatic heterocycles. The summed E-state index contributed by atoms with van der Waals surface area (Å²) in [5, 5.41) is 10.2. The van der Waals surface area contributed by atoms with Gasteiger partial charge in [-0.2, -0.15) is 0 Å². The molecule has 1 N–H and O–H groups in total. The van der Waals surface area contributed by atoms with Gasteiger partial charge < -0.3 is 19.3 Å². The molecule has 0 saturated carbocycles. The van der Waals surface area contributed by atoms with E-state index in [-0.39, 0.29) is 11.9 Å². The SMILES string of the molecule is CCOc1ccc(C2CCc3ccc(OC)cc3O2)c(O)c1. The van der Waals surface area contributed by atoms with Crippen LogP contribution in [-0.4, -0.2) is 18.8 Å². The molecule has 1 atom stereocenters. The van der Waals surface area contributed by atoms with Crippen LogP contribution in [0.25, 0.3) is 0 Å². The fourth-order valence-electron chi connectivity index (χ4n) is 2.75. The fraction of sp³-hybridized carbons (Fsp3) is 0.333. The third kappa shape index (κ3) is 2.82. The lowest BCUT2D eigenvalue weighted by Gasteiger charge is -2.27. The lowest BCUT2D eigenvalue weighted by Crippen LogP contribution is -2.15. The van der Waals surface area contributed by atoms with Crippen LogP contribution in [0, 0.1) is 0 Å². The number of hydrogen-bond acceptors (Lipinski definition) is 4. The Morgan fingerprint density at radius 1 is 1.18 bits per heavy atom. The average Bonchev–Trinajstić information content (AvgIpc) is 2.54. The summed E-state index contributed by atoms with van der Waals surface area (Å²) >= 11 is 0. The number of fused-ring (bicyclic) bond motifs is 1. The molecule has 1 heterocycles. The highest BCUT2D eigenvalue weighted by atomic mass is 16.5. The molecule has 22 heavy (non-hydrogen) atoms. The third-order valence-electron chi connectivity index (χ3n) is 3.88. The number of phenolic OH excluding ortho intramolecular Hbond substituents is 1. The maximum Gasteiger partial charge on any atom is 0.128 e. The Morgan fingerprint density at radius 2 is 2.00 bits per heavy atom. The molecule has 2 aromatic rings. The molecule has 0 radical (unpaired) electrons. The standard InChI is InChI=1S/C18H20O4/c1-3-21-14-7-8-15(16(19)10-14)17-9-5-12-4-6-13(20-2)11-18(12)22-17/h4,6-8,10-11,17,19H,3,5,9H2,1-2H3. The number of phenols is 1. The minimum atomic E-state index is -0.157. The Bertz CT molecular complexity index is 666. The molecule has 0 aliphatic carbocycles. The van der Waals surface area contributed by atoms with Gasteiger partial charge in [-0.3, -0.25) is 0 Å². The molecule has 1 aliphatic heterocycles. The largest absolute Gasteiger partial charge is 0.507 e. The highest BCUT2D eigenvalue weighted by Gasteiger charge is 2.24. The van der Waals surface area contributed by atoms with Crippen LogP contribution >= 0.6 is 0 Å². The van der Waals surface area contributed by atoms with Crippen molar-refractivity contribution in [1.29, 1.82) is 0 Å². The van der Waals surface area contributed by atoms with Crippen molar-refractivity contribution in [3.8, 4) is 23.0 Å². The number of benzene rings is 2. The van der Waals surface area contributed by atoms with Crippen LogP contribution < -0.4 is 14.2 Å². The van der Waals surface area contributed by atoms with Gasteiger partial charge in [-0.05, 0) is 43.5 Å². The molecule has 0 amide bonds. The average molecular weight is 300 g/mol. The quantitative estimate of drug-likeness (QED) is 0.931. The van der Waals surface area contributed by atoms with Crippen LogP contribution in [0.4, 0.5) is 0 Å². The predicted octanol–water partition coefficient (Wildman–Crippen LogP) is 3.87. The van der Waals surface area contributed by atoms with E-state index < -0.39 is 0 Å². The van der Waals surface area contributed by atoms with Crippen molar-refractivity contribution in [1.82, 2.24) is 0 Å². The Morgan fingerprint density at radius 3 is 2.73 bits per heavy atom. The Hall–Kier alpha value is -2.36. The van der Waals surface area contributed by atoms with Crippen molar-refractivity contribution in [3.63, 3.8) is 0 Å². The zero-order chi connectivity index (χ0) is 15.5. The van der Waals surface area contributed by atoms with Gasteiger partial charge in [0.15, 0.2) is 0 Å². The van der Waals surface area contributed by atoms with Crippen molar-refractivity contribution in [2.45, 2.75) is 25.9 Å². The van der Waals surface area contributed by atoms with E-state index >= 15 is 0 Å². The zero-order valence-corrected chi connectivity index (χ0v) is 12.8. The fourth-order valence-corrected chi connectivity index (χ4v) is 2.75. The first-order chi connectivity index (χ1) is 10.7. The summed E-state index contributed by atoms with van der Waals surface area (Å²) in [4.78, 5) is 0. The first kappa shape index (κ1) is 14.6. The lowest BCUT2D eigenvalue weighted by atomic mass is 9.96. The number of aromatic hydroxyl groups is 1. The number of methoxy groups -OCH3 is 1. The molecule has 0 fully saturated rings. The molecular formula is C18H20O4. The Balaban J connectivity index is 1.84. The van der Waals surface area contributed by atoms with Gasteiger partial charge in [-0.1, -0.05) is 6.07 Å². The van der Waals surface area contributed by atoms with Gasteiger partial charge in [0.1, 0.15) is 29.1 Å². The summed E-state index contributed by atoms with van der Waals surface area (Å²) in [5.41, 5.74) is 1.96. The maximum absolute atomic E-state index is 10.2. The van der Waals surface area contributed by atoms with Gasteiger partial charge in [-0.15, -0.1) is 0 Å². The second-order valence-electron chi connectivity index (χ2n) is 5.27. The summed E-state index contributed by atoms with van der Waals surface area (Å²) in [5.74, 6) is 2.48. The second-order valence-corrected chi connectivity index (χ2v) is 5.27. The van der Waals surface area contributed by atoms with E-state index in [9.17, 15) is 5.11 Å². The molecule has 3 rings (SSSR count). The van der Waals surface area contributed by atoms with Gasteiger partial charge in [0, 0.05) is 17.7 Å². The normalized spacial score (nSPS) is 16.5. The van der Waals surface area contributed by atoms with Crippen LogP contribution in [-0.2, 0) is 6.42 Å². The molecule has 0 saturated heterocycles. The maximum atomic E-state index is 10.2. The second kappa shape index (κ2) is 6.18. The van der Waals surface area contributed by atoms with Crippen molar-refractivity contribution in [2.24, 2.45) is 0 Å². The van der Waals surface area contributed by atoms with E-state index in [1.54, 1.807) is 13.2 Å². The van der Waals surface area contributed by atoms with Gasteiger partial charge in [0.25, 0.3) is 0 Å². The molecule has 4 heteroatoms. The molecule has 1 aliphatic rings. The van der Waals surface area contributed by atoms with Crippen molar-refractivity contribution < 1.29 is 19.3 Å². The van der Waals surface area contributed by atoms with Gasteiger partial charge in [0.05, 0.1) is 13.7 Å². The molecule has 4 nitrogen and oxygen atoms in total. The molecule has 0 bridgehead atoms. The predicted molar refractivity (Wildman–Crippen MR) is 84.0 cm³/mol. The third-order valence-corrected chi connectivity index (χ3v) is 3.88. The van der Waals surface area contributed by atoms with Gasteiger partial charge >= 0.3 is 0 Å². The molecule has 116 valence electrons. The number of aryl methyl sites for hydroxylation is 1. The summed E-state index contributed by atoms with van der Waals surface area (Å²) < 4.78 is 16.7. The zero-order valence-electron chi connectivity index (χ0n) is 12.8.